The molecule has 0 amide bonds. The first-order chi connectivity index (χ1) is 6.65. The molecule has 1 aromatic carbocycles. The first-order valence-electron chi connectivity index (χ1n) is 4.03. The predicted octanol–water partition coefficient (Wildman–Crippen LogP) is 2.34. The highest BCUT2D eigenvalue weighted by Crippen LogP contribution is 2.12. The molecule has 14 heavy (non-hydrogen) atoms. The van der Waals surface area contributed by atoms with E-state index in [0.29, 0.717) is 0 Å². The average Bonchev–Trinajstić information content (AvgIpc) is 2.16. The second-order valence-corrected chi connectivity index (χ2v) is 2.80. The van der Waals surface area contributed by atoms with E-state index in [0.717, 1.165) is 11.1 Å². The smallest absolute Gasteiger partial charge is 0.333 e. The topological polar surface area (TPSA) is 41.7 Å². The molecule has 3 nitrogen and oxygen atoms in total. The van der Waals surface area contributed by atoms with E-state index >= 15 is 0 Å². The van der Waals surface area contributed by atoms with Crippen molar-refractivity contribution in [3.63, 3.8) is 0 Å². The molecule has 0 saturated heterocycles. The van der Waals surface area contributed by atoms with Gasteiger partial charge in [-0.2, -0.15) is 0 Å². The van der Waals surface area contributed by atoms with Crippen LogP contribution in [0.4, 0.5) is 0 Å². The van der Waals surface area contributed by atoms with Crippen LogP contribution in [-0.2, 0) is 4.79 Å². The summed E-state index contributed by atoms with van der Waals surface area (Å²) in [6.07, 6.45) is 1.38. The third-order valence-corrected chi connectivity index (χ3v) is 1.82. The number of nitrogens with zero attached hydrogens (tertiary/aromatic N) is 1. The number of carboxylic acids is 1. The van der Waals surface area contributed by atoms with Crippen LogP contribution >= 0.6 is 0 Å². The molecule has 70 valence electrons. The van der Waals surface area contributed by atoms with E-state index in [-0.39, 0.29) is 5.70 Å². The second kappa shape index (κ2) is 4.24. The number of aryl methyl sites for hydroxylation is 1. The molecule has 0 aliphatic carbocycles. The van der Waals surface area contributed by atoms with Gasteiger partial charge in [0.15, 0.2) is 0 Å². The van der Waals surface area contributed by atoms with Crippen molar-refractivity contribution in [1.82, 2.24) is 0 Å². The van der Waals surface area contributed by atoms with Crippen molar-refractivity contribution in [3.05, 3.63) is 52.5 Å². The number of benzene rings is 1. The van der Waals surface area contributed by atoms with Gasteiger partial charge in [-0.15, -0.1) is 0 Å². The van der Waals surface area contributed by atoms with Gasteiger partial charge in [-0.3, -0.25) is 4.79 Å². The van der Waals surface area contributed by atoms with E-state index < -0.39 is 5.97 Å². The van der Waals surface area contributed by atoms with Crippen LogP contribution in [0.1, 0.15) is 11.1 Å². The Balaban J connectivity index is 3.15. The molecular formula is C11H9NO2. The van der Waals surface area contributed by atoms with Crippen LogP contribution in [0.2, 0.25) is 0 Å². The molecule has 0 fully saturated rings. The van der Waals surface area contributed by atoms with Crippen LogP contribution in [0.3, 0.4) is 0 Å². The summed E-state index contributed by atoms with van der Waals surface area (Å²) in [5.41, 5.74) is 1.45. The van der Waals surface area contributed by atoms with E-state index in [1.165, 1.54) is 6.08 Å². The van der Waals surface area contributed by atoms with E-state index in [1.807, 2.05) is 25.1 Å². The lowest BCUT2D eigenvalue weighted by Gasteiger charge is -1.98. The molecule has 0 aliphatic rings. The fraction of sp³-hybridized carbons (Fsp3) is 0.0909. The molecule has 1 rings (SSSR count). The van der Waals surface area contributed by atoms with Crippen molar-refractivity contribution in [2.75, 3.05) is 0 Å². The van der Waals surface area contributed by atoms with Gasteiger partial charge in [0.05, 0.1) is 6.57 Å². The van der Waals surface area contributed by atoms with E-state index in [2.05, 4.69) is 4.85 Å². The largest absolute Gasteiger partial charge is 0.486 e. The predicted molar refractivity (Wildman–Crippen MR) is 53.4 cm³/mol. The number of hydrogen-bond acceptors (Lipinski definition) is 1. The average molecular weight is 187 g/mol. The third-order valence-electron chi connectivity index (χ3n) is 1.82. The van der Waals surface area contributed by atoms with Crippen molar-refractivity contribution < 1.29 is 9.90 Å². The van der Waals surface area contributed by atoms with Crippen molar-refractivity contribution in [3.8, 4) is 0 Å². The van der Waals surface area contributed by atoms with E-state index in [9.17, 15) is 4.79 Å². The van der Waals surface area contributed by atoms with Crippen molar-refractivity contribution in [1.29, 1.82) is 0 Å². The fourth-order valence-electron chi connectivity index (χ4n) is 1.04. The minimum atomic E-state index is -1.19. The number of carbonyl (C=O) groups is 1. The normalized spacial score (nSPS) is 10.7. The quantitative estimate of drug-likeness (QED) is 0.570. The SMILES string of the molecule is [C-]#[N+]C(=Cc1ccccc1C)C(=O)O. The van der Waals surface area contributed by atoms with Crippen LogP contribution in [0.25, 0.3) is 10.9 Å². The number of hydrogen-bond donors (Lipinski definition) is 1. The molecule has 0 spiro atoms. The van der Waals surface area contributed by atoms with Gasteiger partial charge in [-0.25, -0.2) is 4.85 Å². The third kappa shape index (κ3) is 2.20. The van der Waals surface area contributed by atoms with Gasteiger partial charge in [0.25, 0.3) is 5.70 Å². The lowest BCUT2D eigenvalue weighted by Crippen LogP contribution is -1.95. The standard InChI is InChI=1S/C11H9NO2/c1-8-5-3-4-6-9(8)7-10(12-2)11(13)14/h3-7H,1H3,(H,13,14). The Hall–Kier alpha value is -2.08. The second-order valence-electron chi connectivity index (χ2n) is 2.80. The number of rotatable bonds is 2. The Kier molecular flexibility index (Phi) is 3.03. The molecule has 0 aromatic heterocycles. The van der Waals surface area contributed by atoms with Crippen LogP contribution in [0.5, 0.6) is 0 Å². The summed E-state index contributed by atoms with van der Waals surface area (Å²) in [5, 5.41) is 8.64. The van der Waals surface area contributed by atoms with Crippen LogP contribution in [-0.4, -0.2) is 11.1 Å². The first kappa shape index (κ1) is 10.0. The summed E-state index contributed by atoms with van der Waals surface area (Å²) in [5.74, 6) is -1.19. The van der Waals surface area contributed by atoms with Gasteiger partial charge in [0.2, 0.25) is 0 Å². The maximum atomic E-state index is 10.6. The van der Waals surface area contributed by atoms with Crippen LogP contribution < -0.4 is 0 Å². The molecule has 0 heterocycles. The number of aliphatic carboxylic acids is 1. The molecule has 0 unspecified atom stereocenters. The fourth-order valence-corrected chi connectivity index (χ4v) is 1.04. The van der Waals surface area contributed by atoms with Gasteiger partial charge in [-0.1, -0.05) is 24.3 Å². The Morgan fingerprint density at radius 2 is 2.14 bits per heavy atom. The van der Waals surface area contributed by atoms with Gasteiger partial charge >= 0.3 is 5.97 Å². The maximum Gasteiger partial charge on any atom is 0.333 e. The summed E-state index contributed by atoms with van der Waals surface area (Å²) < 4.78 is 0. The number of carboxylic acid groups (broad SMARTS) is 1. The Bertz CT molecular complexity index is 427. The van der Waals surface area contributed by atoms with Gasteiger partial charge in [0, 0.05) is 0 Å². The highest BCUT2D eigenvalue weighted by atomic mass is 16.4. The Labute approximate surface area is 82.1 Å². The molecule has 0 radical (unpaired) electrons. The van der Waals surface area contributed by atoms with Gasteiger partial charge < -0.3 is 5.11 Å². The molecular weight excluding hydrogens is 178 g/mol. The van der Waals surface area contributed by atoms with E-state index in [1.54, 1.807) is 6.07 Å². The van der Waals surface area contributed by atoms with Crippen LogP contribution in [0, 0.1) is 13.5 Å². The van der Waals surface area contributed by atoms with Crippen molar-refractivity contribution in [2.45, 2.75) is 6.92 Å². The Morgan fingerprint density at radius 1 is 1.50 bits per heavy atom. The zero-order valence-electron chi connectivity index (χ0n) is 7.69. The zero-order chi connectivity index (χ0) is 10.6. The molecule has 3 heteroatoms. The minimum absolute atomic E-state index is 0.265. The monoisotopic (exact) mass is 187 g/mol. The van der Waals surface area contributed by atoms with Crippen molar-refractivity contribution >= 4 is 12.0 Å². The molecule has 0 bridgehead atoms. The molecule has 0 aliphatic heterocycles. The molecule has 0 saturated carbocycles. The van der Waals surface area contributed by atoms with Gasteiger partial charge in [-0.05, 0) is 24.1 Å². The summed E-state index contributed by atoms with van der Waals surface area (Å²) in [6, 6.07) is 7.33. The summed E-state index contributed by atoms with van der Waals surface area (Å²) >= 11 is 0. The van der Waals surface area contributed by atoms with E-state index in [4.69, 9.17) is 11.7 Å². The summed E-state index contributed by atoms with van der Waals surface area (Å²) in [6.45, 7) is 8.56. The van der Waals surface area contributed by atoms with Gasteiger partial charge in [0.1, 0.15) is 0 Å². The highest BCUT2D eigenvalue weighted by Gasteiger charge is 2.06. The maximum absolute atomic E-state index is 10.6. The lowest BCUT2D eigenvalue weighted by atomic mass is 10.1. The zero-order valence-corrected chi connectivity index (χ0v) is 7.69. The summed E-state index contributed by atoms with van der Waals surface area (Å²) in [7, 11) is 0. The summed E-state index contributed by atoms with van der Waals surface area (Å²) in [4.78, 5) is 13.5. The first-order valence-corrected chi connectivity index (χ1v) is 4.03. The Morgan fingerprint density at radius 3 is 2.64 bits per heavy atom. The van der Waals surface area contributed by atoms with Crippen molar-refractivity contribution in [2.24, 2.45) is 0 Å². The highest BCUT2D eigenvalue weighted by molar-refractivity contribution is 5.94. The molecule has 1 aromatic rings. The molecule has 1 N–H and O–H groups in total. The molecule has 0 atom stereocenters. The lowest BCUT2D eigenvalue weighted by molar-refractivity contribution is -0.132. The minimum Gasteiger partial charge on any atom is -0.486 e. The van der Waals surface area contributed by atoms with Crippen LogP contribution in [0.15, 0.2) is 30.0 Å².